The second-order valence-electron chi connectivity index (χ2n) is 5.28. The van der Waals surface area contributed by atoms with Crippen molar-refractivity contribution in [3.05, 3.63) is 47.3 Å². The van der Waals surface area contributed by atoms with Gasteiger partial charge in [0.1, 0.15) is 0 Å². The van der Waals surface area contributed by atoms with E-state index in [-0.39, 0.29) is 18.3 Å². The highest BCUT2D eigenvalue weighted by Gasteiger charge is 2.15. The summed E-state index contributed by atoms with van der Waals surface area (Å²) >= 11 is 0. The SMILES string of the molecule is CCNCCNC(=O)Cc1c(C)nn(-c2ccccc2)c1C.Cl. The van der Waals surface area contributed by atoms with Gasteiger partial charge in [-0.2, -0.15) is 5.10 Å². The second kappa shape index (κ2) is 9.33. The Labute approximate surface area is 143 Å². The minimum absolute atomic E-state index is 0. The van der Waals surface area contributed by atoms with Gasteiger partial charge in [-0.15, -0.1) is 12.4 Å². The molecular weight excluding hydrogens is 312 g/mol. The highest BCUT2D eigenvalue weighted by Crippen LogP contribution is 2.18. The van der Waals surface area contributed by atoms with E-state index in [4.69, 9.17) is 0 Å². The average Bonchev–Trinajstić information content (AvgIpc) is 2.80. The standard InChI is InChI=1S/C17H24N4O.ClH/c1-4-18-10-11-19-17(22)12-16-13(2)20-21(14(16)3)15-8-6-5-7-9-15;/h5-9,18H,4,10-12H2,1-3H3,(H,19,22);1H. The van der Waals surface area contributed by atoms with E-state index in [1.165, 1.54) is 0 Å². The summed E-state index contributed by atoms with van der Waals surface area (Å²) in [5.41, 5.74) is 3.94. The number of likely N-dealkylation sites (N-methyl/N-ethyl adjacent to an activating group) is 1. The van der Waals surface area contributed by atoms with Crippen LogP contribution in [0, 0.1) is 13.8 Å². The number of benzene rings is 1. The van der Waals surface area contributed by atoms with Gasteiger partial charge < -0.3 is 10.6 Å². The van der Waals surface area contributed by atoms with Crippen molar-refractivity contribution < 1.29 is 4.79 Å². The number of hydrogen-bond donors (Lipinski definition) is 2. The molecule has 0 spiro atoms. The first-order valence-corrected chi connectivity index (χ1v) is 7.71. The summed E-state index contributed by atoms with van der Waals surface area (Å²) in [5, 5.41) is 10.7. The molecule has 0 radical (unpaired) electrons. The highest BCUT2D eigenvalue weighted by atomic mass is 35.5. The zero-order valence-electron chi connectivity index (χ0n) is 13.9. The quantitative estimate of drug-likeness (QED) is 0.762. The van der Waals surface area contributed by atoms with Gasteiger partial charge in [0.15, 0.2) is 0 Å². The van der Waals surface area contributed by atoms with Gasteiger partial charge in [-0.05, 0) is 32.5 Å². The molecule has 0 fully saturated rings. The Bertz CT molecular complexity index is 625. The number of halogens is 1. The Kier molecular flexibility index (Phi) is 7.78. The third-order valence-corrected chi connectivity index (χ3v) is 3.65. The molecule has 2 aromatic rings. The normalized spacial score (nSPS) is 10.2. The molecule has 1 heterocycles. The average molecular weight is 337 g/mol. The Morgan fingerprint density at radius 1 is 1.17 bits per heavy atom. The lowest BCUT2D eigenvalue weighted by Crippen LogP contribution is -2.32. The first-order valence-electron chi connectivity index (χ1n) is 7.71. The Morgan fingerprint density at radius 3 is 2.52 bits per heavy atom. The van der Waals surface area contributed by atoms with Crippen molar-refractivity contribution in [1.82, 2.24) is 20.4 Å². The Hall–Kier alpha value is -1.85. The summed E-state index contributed by atoms with van der Waals surface area (Å²) in [6, 6.07) is 9.98. The summed E-state index contributed by atoms with van der Waals surface area (Å²) < 4.78 is 1.90. The van der Waals surface area contributed by atoms with Crippen molar-refractivity contribution in [1.29, 1.82) is 0 Å². The van der Waals surface area contributed by atoms with Crippen molar-refractivity contribution >= 4 is 18.3 Å². The van der Waals surface area contributed by atoms with E-state index < -0.39 is 0 Å². The fraction of sp³-hybridized carbons (Fsp3) is 0.412. The van der Waals surface area contributed by atoms with Crippen LogP contribution in [0.1, 0.15) is 23.9 Å². The molecule has 1 aromatic heterocycles. The fourth-order valence-electron chi connectivity index (χ4n) is 2.44. The fourth-order valence-corrected chi connectivity index (χ4v) is 2.44. The number of nitrogens with zero attached hydrogens (tertiary/aromatic N) is 2. The van der Waals surface area contributed by atoms with Crippen LogP contribution in [0.2, 0.25) is 0 Å². The number of carbonyl (C=O) groups is 1. The minimum atomic E-state index is 0. The molecule has 0 saturated heterocycles. The molecule has 0 saturated carbocycles. The zero-order valence-corrected chi connectivity index (χ0v) is 14.7. The molecule has 126 valence electrons. The number of carbonyl (C=O) groups excluding carboxylic acids is 1. The minimum Gasteiger partial charge on any atom is -0.355 e. The van der Waals surface area contributed by atoms with E-state index in [2.05, 4.69) is 15.7 Å². The van der Waals surface area contributed by atoms with Gasteiger partial charge in [0.05, 0.1) is 17.8 Å². The van der Waals surface area contributed by atoms with Crippen LogP contribution in [0.5, 0.6) is 0 Å². The van der Waals surface area contributed by atoms with Crippen LogP contribution in [0.3, 0.4) is 0 Å². The van der Waals surface area contributed by atoms with Crippen LogP contribution >= 0.6 is 12.4 Å². The van der Waals surface area contributed by atoms with Crippen LogP contribution in [0.25, 0.3) is 5.69 Å². The Balaban J connectivity index is 0.00000264. The molecule has 1 aromatic carbocycles. The van der Waals surface area contributed by atoms with Crippen LogP contribution in [0.15, 0.2) is 30.3 Å². The largest absolute Gasteiger partial charge is 0.355 e. The summed E-state index contributed by atoms with van der Waals surface area (Å²) in [6.45, 7) is 8.37. The van der Waals surface area contributed by atoms with Gasteiger partial charge in [-0.3, -0.25) is 4.79 Å². The molecule has 0 aliphatic heterocycles. The number of aryl methyl sites for hydroxylation is 1. The molecular formula is C17H25ClN4O. The summed E-state index contributed by atoms with van der Waals surface area (Å²) in [6.07, 6.45) is 0.372. The molecule has 23 heavy (non-hydrogen) atoms. The summed E-state index contributed by atoms with van der Waals surface area (Å²) in [5.74, 6) is 0.0386. The van der Waals surface area contributed by atoms with E-state index >= 15 is 0 Å². The predicted octanol–water partition coefficient (Wildman–Crippen LogP) is 2.18. The molecule has 1 amide bonds. The van der Waals surface area contributed by atoms with Gasteiger partial charge in [0.2, 0.25) is 5.91 Å². The van der Waals surface area contributed by atoms with Gasteiger partial charge >= 0.3 is 0 Å². The van der Waals surface area contributed by atoms with Gasteiger partial charge in [-0.25, -0.2) is 4.68 Å². The van der Waals surface area contributed by atoms with Crippen molar-refractivity contribution in [2.75, 3.05) is 19.6 Å². The maximum atomic E-state index is 12.0. The van der Waals surface area contributed by atoms with Gasteiger partial charge in [-0.1, -0.05) is 25.1 Å². The maximum absolute atomic E-state index is 12.0. The molecule has 0 unspecified atom stereocenters. The monoisotopic (exact) mass is 336 g/mol. The third kappa shape index (κ3) is 5.08. The lowest BCUT2D eigenvalue weighted by Gasteiger charge is -2.07. The number of amides is 1. The lowest BCUT2D eigenvalue weighted by atomic mass is 10.1. The second-order valence-corrected chi connectivity index (χ2v) is 5.28. The molecule has 0 aliphatic rings. The summed E-state index contributed by atoms with van der Waals surface area (Å²) in [4.78, 5) is 12.0. The number of aromatic nitrogens is 2. The van der Waals surface area contributed by atoms with Crippen molar-refractivity contribution in [2.45, 2.75) is 27.2 Å². The zero-order chi connectivity index (χ0) is 15.9. The van der Waals surface area contributed by atoms with Gasteiger partial charge in [0.25, 0.3) is 0 Å². The predicted molar refractivity (Wildman–Crippen MR) is 95.5 cm³/mol. The topological polar surface area (TPSA) is 58.9 Å². The molecule has 6 heteroatoms. The first kappa shape index (κ1) is 19.2. The van der Waals surface area contributed by atoms with Crippen molar-refractivity contribution in [3.63, 3.8) is 0 Å². The highest BCUT2D eigenvalue weighted by molar-refractivity contribution is 5.85. The number of hydrogen-bond acceptors (Lipinski definition) is 3. The smallest absolute Gasteiger partial charge is 0.224 e. The van der Waals surface area contributed by atoms with E-state index in [1.807, 2.05) is 55.8 Å². The van der Waals surface area contributed by atoms with E-state index in [9.17, 15) is 4.79 Å². The van der Waals surface area contributed by atoms with E-state index in [1.54, 1.807) is 0 Å². The number of para-hydroxylation sites is 1. The van der Waals surface area contributed by atoms with Crippen LogP contribution in [-0.2, 0) is 11.2 Å². The maximum Gasteiger partial charge on any atom is 0.224 e. The molecule has 5 nitrogen and oxygen atoms in total. The molecule has 0 atom stereocenters. The lowest BCUT2D eigenvalue weighted by molar-refractivity contribution is -0.120. The van der Waals surface area contributed by atoms with Crippen LogP contribution in [0.4, 0.5) is 0 Å². The van der Waals surface area contributed by atoms with Gasteiger partial charge in [0, 0.05) is 24.3 Å². The van der Waals surface area contributed by atoms with Crippen LogP contribution in [-0.4, -0.2) is 35.3 Å². The number of nitrogens with one attached hydrogen (secondary N) is 2. The van der Waals surface area contributed by atoms with Crippen molar-refractivity contribution in [2.24, 2.45) is 0 Å². The molecule has 2 N–H and O–H groups in total. The third-order valence-electron chi connectivity index (χ3n) is 3.65. The number of rotatable bonds is 7. The van der Waals surface area contributed by atoms with Crippen molar-refractivity contribution in [3.8, 4) is 5.69 Å². The Morgan fingerprint density at radius 2 is 1.87 bits per heavy atom. The first-order chi connectivity index (χ1) is 10.6. The molecule has 2 rings (SSSR count). The van der Waals surface area contributed by atoms with E-state index in [0.29, 0.717) is 13.0 Å². The van der Waals surface area contributed by atoms with Crippen LogP contribution < -0.4 is 10.6 Å². The van der Waals surface area contributed by atoms with E-state index in [0.717, 1.165) is 35.7 Å². The summed E-state index contributed by atoms with van der Waals surface area (Å²) in [7, 11) is 0. The molecule has 0 aliphatic carbocycles. The molecule has 0 bridgehead atoms.